The van der Waals surface area contributed by atoms with Crippen LogP contribution in [0.15, 0.2) is 59.6 Å². The molecule has 0 saturated carbocycles. The molecule has 10 heteroatoms. The van der Waals surface area contributed by atoms with Crippen LogP contribution in [-0.4, -0.2) is 41.2 Å². The van der Waals surface area contributed by atoms with Gasteiger partial charge in [-0.15, -0.1) is 0 Å². The number of nitrogens with one attached hydrogen (secondary N) is 1. The van der Waals surface area contributed by atoms with Crippen LogP contribution >= 0.6 is 11.6 Å². The molecule has 1 N–H and O–H groups in total. The Labute approximate surface area is 203 Å². The second kappa shape index (κ2) is 10.0. The highest BCUT2D eigenvalue weighted by molar-refractivity contribution is 7.90. The Morgan fingerprint density at radius 1 is 1.03 bits per heavy atom. The summed E-state index contributed by atoms with van der Waals surface area (Å²) >= 11 is 6.31. The van der Waals surface area contributed by atoms with Gasteiger partial charge in [-0.25, -0.2) is 23.4 Å². The number of rotatable bonds is 8. The van der Waals surface area contributed by atoms with Crippen molar-refractivity contribution in [3.8, 4) is 11.4 Å². The topological polar surface area (TPSA) is 107 Å². The first-order valence-corrected chi connectivity index (χ1v) is 12.9. The van der Waals surface area contributed by atoms with Crippen molar-refractivity contribution in [1.82, 2.24) is 19.9 Å². The van der Waals surface area contributed by atoms with Crippen LogP contribution in [0.1, 0.15) is 19.7 Å². The van der Waals surface area contributed by atoms with Gasteiger partial charge in [0.1, 0.15) is 18.1 Å². The van der Waals surface area contributed by atoms with Crippen LogP contribution in [0.3, 0.4) is 0 Å². The molecule has 4 rings (SSSR count). The molecule has 0 atom stereocenters. The molecule has 4 aromatic rings. The van der Waals surface area contributed by atoms with E-state index in [9.17, 15) is 8.42 Å². The average Bonchev–Trinajstić information content (AvgIpc) is 2.78. The highest BCUT2D eigenvalue weighted by atomic mass is 35.5. The molecule has 176 valence electrons. The fourth-order valence-corrected chi connectivity index (χ4v) is 4.08. The van der Waals surface area contributed by atoms with Crippen molar-refractivity contribution in [1.29, 1.82) is 0 Å². The Morgan fingerprint density at radius 3 is 2.47 bits per heavy atom. The Bertz CT molecular complexity index is 1430. The van der Waals surface area contributed by atoms with Crippen molar-refractivity contribution in [3.05, 3.63) is 65.6 Å². The molecular weight excluding hydrogens is 474 g/mol. The maximum atomic E-state index is 11.8. The molecule has 0 aliphatic rings. The number of aromatic nitrogens is 4. The number of hydrogen-bond acceptors (Lipinski definition) is 8. The van der Waals surface area contributed by atoms with Gasteiger partial charge in [0.05, 0.1) is 21.0 Å². The highest BCUT2D eigenvalue weighted by Gasteiger charge is 2.14. The largest absolute Gasteiger partial charge is 0.373 e. The molecule has 34 heavy (non-hydrogen) atoms. The lowest BCUT2D eigenvalue weighted by molar-refractivity contribution is 0.0925. The summed E-state index contributed by atoms with van der Waals surface area (Å²) in [5.41, 5.74) is 2.30. The quantitative estimate of drug-likeness (QED) is 0.360. The van der Waals surface area contributed by atoms with E-state index in [0.29, 0.717) is 57.3 Å². The van der Waals surface area contributed by atoms with Gasteiger partial charge in [-0.2, -0.15) is 0 Å². The van der Waals surface area contributed by atoms with E-state index >= 15 is 0 Å². The van der Waals surface area contributed by atoms with E-state index in [0.717, 1.165) is 0 Å². The van der Waals surface area contributed by atoms with E-state index in [-0.39, 0.29) is 11.5 Å². The van der Waals surface area contributed by atoms with Crippen molar-refractivity contribution in [2.45, 2.75) is 25.3 Å². The summed E-state index contributed by atoms with van der Waals surface area (Å²) in [5.74, 6) is 1.38. The molecule has 0 spiro atoms. The second-order valence-electron chi connectivity index (χ2n) is 8.22. The molecular formula is C24H24ClN5O3S. The van der Waals surface area contributed by atoms with Crippen LogP contribution in [0.2, 0.25) is 5.02 Å². The molecule has 0 radical (unpaired) electrons. The zero-order valence-electron chi connectivity index (χ0n) is 19.0. The minimum atomic E-state index is -3.28. The molecule has 0 unspecified atom stereocenters. The summed E-state index contributed by atoms with van der Waals surface area (Å²) in [5, 5.41) is 4.44. The van der Waals surface area contributed by atoms with Crippen molar-refractivity contribution >= 4 is 44.0 Å². The van der Waals surface area contributed by atoms with Gasteiger partial charge in [-0.3, -0.25) is 4.98 Å². The number of benzene rings is 1. The average molecular weight is 498 g/mol. The molecule has 0 fully saturated rings. The predicted molar refractivity (Wildman–Crippen MR) is 133 cm³/mol. The lowest BCUT2D eigenvalue weighted by atomic mass is 10.2. The number of fused-ring (bicyclic) bond motifs is 1. The van der Waals surface area contributed by atoms with E-state index in [4.69, 9.17) is 16.3 Å². The third-order valence-corrected chi connectivity index (χ3v) is 6.27. The predicted octanol–water partition coefficient (Wildman–Crippen LogP) is 5.06. The SMILES string of the molecule is CC(C)COCc1nc(Nc2ccc(S(C)(=O)=O)cc2)c2ccc(-c3ncccc3Cl)nc2n1. The van der Waals surface area contributed by atoms with Gasteiger partial charge in [-0.05, 0) is 54.4 Å². The van der Waals surface area contributed by atoms with E-state index in [1.54, 1.807) is 42.6 Å². The summed E-state index contributed by atoms with van der Waals surface area (Å²) in [6.45, 7) is 4.94. The maximum absolute atomic E-state index is 11.8. The van der Waals surface area contributed by atoms with E-state index in [1.165, 1.54) is 6.26 Å². The van der Waals surface area contributed by atoms with E-state index < -0.39 is 9.84 Å². The number of ether oxygens (including phenoxy) is 1. The first-order valence-electron chi connectivity index (χ1n) is 10.6. The van der Waals surface area contributed by atoms with Crippen molar-refractivity contribution in [2.75, 3.05) is 18.2 Å². The van der Waals surface area contributed by atoms with Gasteiger partial charge in [0.15, 0.2) is 21.3 Å². The van der Waals surface area contributed by atoms with Gasteiger partial charge in [0.2, 0.25) is 0 Å². The molecule has 0 saturated heterocycles. The number of anilines is 2. The summed E-state index contributed by atoms with van der Waals surface area (Å²) in [6, 6.07) is 13.7. The van der Waals surface area contributed by atoms with Crippen LogP contribution < -0.4 is 5.32 Å². The lowest BCUT2D eigenvalue weighted by Crippen LogP contribution is -2.07. The number of pyridine rings is 2. The summed E-state index contributed by atoms with van der Waals surface area (Å²) in [7, 11) is -3.28. The number of halogens is 1. The third kappa shape index (κ3) is 5.67. The van der Waals surface area contributed by atoms with Crippen molar-refractivity contribution in [2.24, 2.45) is 5.92 Å². The maximum Gasteiger partial charge on any atom is 0.175 e. The first-order chi connectivity index (χ1) is 16.2. The van der Waals surface area contributed by atoms with Crippen LogP contribution in [0.5, 0.6) is 0 Å². The molecule has 1 aromatic carbocycles. The van der Waals surface area contributed by atoms with Gasteiger partial charge < -0.3 is 10.1 Å². The highest BCUT2D eigenvalue weighted by Crippen LogP contribution is 2.29. The van der Waals surface area contributed by atoms with Crippen LogP contribution in [0, 0.1) is 5.92 Å². The fourth-order valence-electron chi connectivity index (χ4n) is 3.23. The number of sulfone groups is 1. The van der Waals surface area contributed by atoms with E-state index in [1.807, 2.05) is 12.1 Å². The Morgan fingerprint density at radius 2 is 1.79 bits per heavy atom. The van der Waals surface area contributed by atoms with Gasteiger partial charge in [-0.1, -0.05) is 25.4 Å². The summed E-state index contributed by atoms with van der Waals surface area (Å²) < 4.78 is 29.3. The summed E-state index contributed by atoms with van der Waals surface area (Å²) in [4.78, 5) is 18.5. The Kier molecular flexibility index (Phi) is 7.06. The Hall–Kier alpha value is -3.14. The van der Waals surface area contributed by atoms with Crippen LogP contribution in [-0.2, 0) is 21.2 Å². The Balaban J connectivity index is 1.74. The fraction of sp³-hybridized carbons (Fsp3) is 0.250. The van der Waals surface area contributed by atoms with Crippen LogP contribution in [0.4, 0.5) is 11.5 Å². The molecule has 3 aromatic heterocycles. The third-order valence-electron chi connectivity index (χ3n) is 4.83. The lowest BCUT2D eigenvalue weighted by Gasteiger charge is -2.13. The molecule has 0 amide bonds. The number of nitrogens with zero attached hydrogens (tertiary/aromatic N) is 4. The zero-order valence-corrected chi connectivity index (χ0v) is 20.6. The smallest absolute Gasteiger partial charge is 0.175 e. The normalized spacial score (nSPS) is 11.8. The molecule has 0 aliphatic heterocycles. The number of hydrogen-bond donors (Lipinski definition) is 1. The van der Waals surface area contributed by atoms with Gasteiger partial charge >= 0.3 is 0 Å². The molecule has 0 aliphatic carbocycles. The van der Waals surface area contributed by atoms with Crippen molar-refractivity contribution < 1.29 is 13.2 Å². The molecule has 0 bridgehead atoms. The van der Waals surface area contributed by atoms with Crippen molar-refractivity contribution in [3.63, 3.8) is 0 Å². The standard InChI is InChI=1S/C24H24ClN5O3S/c1-15(2)13-33-14-21-29-23(27-16-6-8-17(9-7-16)34(3,31)32)18-10-11-20(28-24(18)30-21)22-19(25)5-4-12-26-22/h4-12,15H,13-14H2,1-3H3,(H,27,28,29,30). The van der Waals surface area contributed by atoms with Crippen LogP contribution in [0.25, 0.3) is 22.4 Å². The minimum absolute atomic E-state index is 0.228. The second-order valence-corrected chi connectivity index (χ2v) is 10.6. The zero-order chi connectivity index (χ0) is 24.3. The summed E-state index contributed by atoms with van der Waals surface area (Å²) in [6.07, 6.45) is 2.83. The molecule has 8 nitrogen and oxygen atoms in total. The van der Waals surface area contributed by atoms with Gasteiger partial charge in [0.25, 0.3) is 0 Å². The monoisotopic (exact) mass is 497 g/mol. The van der Waals surface area contributed by atoms with E-state index in [2.05, 4.69) is 39.1 Å². The minimum Gasteiger partial charge on any atom is -0.373 e. The first kappa shape index (κ1) is 24.0. The molecule has 3 heterocycles. The van der Waals surface area contributed by atoms with Gasteiger partial charge in [0, 0.05) is 24.7 Å².